The Bertz CT molecular complexity index is 1450. The first-order chi connectivity index (χ1) is 19.2. The molecule has 0 fully saturated rings. The lowest BCUT2D eigenvalue weighted by atomic mass is 10.1. The fourth-order valence-electron chi connectivity index (χ4n) is 4.17. The summed E-state index contributed by atoms with van der Waals surface area (Å²) in [6.07, 6.45) is -4.61. The normalized spacial score (nSPS) is 12.6. The second kappa shape index (κ2) is 13.2. The molecule has 220 valence electrons. The number of amides is 2. The number of sulfonamides is 1. The number of hydrogen-bond acceptors (Lipinski definition) is 4. The number of halogens is 4. The molecule has 0 aliphatic carbocycles. The van der Waals surface area contributed by atoms with E-state index in [2.05, 4.69) is 5.32 Å². The fraction of sp³-hybridized carbons (Fsp3) is 0.310. The van der Waals surface area contributed by atoms with Gasteiger partial charge in [-0.2, -0.15) is 13.2 Å². The van der Waals surface area contributed by atoms with Gasteiger partial charge in [0.2, 0.25) is 11.8 Å². The summed E-state index contributed by atoms with van der Waals surface area (Å²) in [6, 6.07) is 14.6. The van der Waals surface area contributed by atoms with Crippen molar-refractivity contribution in [2.24, 2.45) is 0 Å². The van der Waals surface area contributed by atoms with E-state index in [-0.39, 0.29) is 29.6 Å². The van der Waals surface area contributed by atoms with Crippen LogP contribution in [0.4, 0.5) is 23.2 Å². The van der Waals surface area contributed by atoms with Crippen LogP contribution in [0.15, 0.2) is 83.8 Å². The molecule has 3 aromatic carbocycles. The van der Waals surface area contributed by atoms with Gasteiger partial charge >= 0.3 is 6.18 Å². The summed E-state index contributed by atoms with van der Waals surface area (Å²) in [5.41, 5.74) is -1.01. The van der Waals surface area contributed by atoms with Crippen LogP contribution in [-0.2, 0) is 32.3 Å². The summed E-state index contributed by atoms with van der Waals surface area (Å²) in [5.74, 6) is -1.84. The van der Waals surface area contributed by atoms with Crippen LogP contribution >= 0.6 is 0 Å². The van der Waals surface area contributed by atoms with E-state index in [0.29, 0.717) is 15.9 Å². The van der Waals surface area contributed by atoms with E-state index in [9.17, 15) is 35.6 Å². The molecule has 41 heavy (non-hydrogen) atoms. The minimum absolute atomic E-state index is 0.153. The zero-order valence-electron chi connectivity index (χ0n) is 22.7. The molecule has 0 saturated carbocycles. The summed E-state index contributed by atoms with van der Waals surface area (Å²) in [7, 11) is -4.53. The van der Waals surface area contributed by atoms with Crippen molar-refractivity contribution in [1.29, 1.82) is 0 Å². The van der Waals surface area contributed by atoms with Gasteiger partial charge < -0.3 is 10.2 Å². The predicted octanol–water partition coefficient (Wildman–Crippen LogP) is 5.37. The van der Waals surface area contributed by atoms with Crippen LogP contribution in [-0.4, -0.2) is 43.8 Å². The third-order valence-electron chi connectivity index (χ3n) is 6.15. The Morgan fingerprint density at radius 1 is 0.927 bits per heavy atom. The smallest absolute Gasteiger partial charge is 0.352 e. The van der Waals surface area contributed by atoms with Gasteiger partial charge in [0.15, 0.2) is 0 Å². The Morgan fingerprint density at radius 2 is 1.56 bits per heavy atom. The van der Waals surface area contributed by atoms with Crippen molar-refractivity contribution in [3.8, 4) is 0 Å². The van der Waals surface area contributed by atoms with Gasteiger partial charge in [-0.1, -0.05) is 43.3 Å². The van der Waals surface area contributed by atoms with Crippen LogP contribution < -0.4 is 9.62 Å². The van der Waals surface area contributed by atoms with Crippen molar-refractivity contribution < 1.29 is 35.6 Å². The highest BCUT2D eigenvalue weighted by Gasteiger charge is 2.36. The first-order valence-corrected chi connectivity index (χ1v) is 14.3. The standard InChI is InChI=1S/C29H31F4N3O4S/c1-4-26(28(38)34-20(2)3)35(18-21-13-15-23(30)16-14-21)27(37)19-36(41(39,40)25-11-6-5-7-12-25)24-10-8-9-22(17-24)29(31,32)33/h5-17,20,26H,4,18-19H2,1-3H3,(H,34,38). The molecule has 1 unspecified atom stereocenters. The lowest BCUT2D eigenvalue weighted by molar-refractivity contribution is -0.140. The lowest BCUT2D eigenvalue weighted by Gasteiger charge is -2.33. The lowest BCUT2D eigenvalue weighted by Crippen LogP contribution is -2.53. The molecule has 1 N–H and O–H groups in total. The van der Waals surface area contributed by atoms with Crippen molar-refractivity contribution in [2.75, 3.05) is 10.8 Å². The molecule has 0 aliphatic rings. The molecule has 1 atom stereocenters. The molecule has 0 aliphatic heterocycles. The van der Waals surface area contributed by atoms with Crippen molar-refractivity contribution in [1.82, 2.24) is 10.2 Å². The molecule has 0 saturated heterocycles. The first-order valence-electron chi connectivity index (χ1n) is 12.8. The topological polar surface area (TPSA) is 86.8 Å². The highest BCUT2D eigenvalue weighted by atomic mass is 32.2. The maximum absolute atomic E-state index is 13.9. The predicted molar refractivity (Wildman–Crippen MR) is 147 cm³/mol. The van der Waals surface area contributed by atoms with Crippen LogP contribution in [0.2, 0.25) is 0 Å². The Morgan fingerprint density at radius 3 is 2.12 bits per heavy atom. The minimum Gasteiger partial charge on any atom is -0.352 e. The van der Waals surface area contributed by atoms with Crippen molar-refractivity contribution in [3.63, 3.8) is 0 Å². The van der Waals surface area contributed by atoms with Crippen LogP contribution in [0.1, 0.15) is 38.3 Å². The van der Waals surface area contributed by atoms with Crippen LogP contribution in [0, 0.1) is 5.82 Å². The van der Waals surface area contributed by atoms with Gasteiger partial charge in [0.1, 0.15) is 18.4 Å². The summed E-state index contributed by atoms with van der Waals surface area (Å²) in [4.78, 5) is 27.9. The Hall–Kier alpha value is -3.93. The van der Waals surface area contributed by atoms with Gasteiger partial charge in [-0.25, -0.2) is 12.8 Å². The maximum atomic E-state index is 13.9. The molecule has 0 radical (unpaired) electrons. The number of benzene rings is 3. The highest BCUT2D eigenvalue weighted by Crippen LogP contribution is 2.33. The van der Waals surface area contributed by atoms with E-state index in [1.54, 1.807) is 26.8 Å². The molecule has 3 aromatic rings. The fourth-order valence-corrected chi connectivity index (χ4v) is 5.60. The molecule has 3 rings (SSSR count). The monoisotopic (exact) mass is 593 g/mol. The number of carbonyl (C=O) groups excluding carboxylic acids is 2. The van der Waals surface area contributed by atoms with E-state index >= 15 is 0 Å². The largest absolute Gasteiger partial charge is 0.416 e. The number of nitrogens with one attached hydrogen (secondary N) is 1. The number of nitrogens with zero attached hydrogens (tertiary/aromatic N) is 2. The van der Waals surface area contributed by atoms with E-state index in [1.165, 1.54) is 48.5 Å². The molecule has 0 spiro atoms. The maximum Gasteiger partial charge on any atom is 0.416 e. The number of anilines is 1. The van der Waals surface area contributed by atoms with Gasteiger partial charge in [-0.3, -0.25) is 13.9 Å². The third-order valence-corrected chi connectivity index (χ3v) is 7.94. The minimum atomic E-state index is -4.76. The second-order valence-electron chi connectivity index (χ2n) is 9.61. The molecule has 0 aromatic heterocycles. The van der Waals surface area contributed by atoms with E-state index < -0.39 is 52.0 Å². The zero-order chi connectivity index (χ0) is 30.4. The quantitative estimate of drug-likeness (QED) is 0.303. The number of carbonyl (C=O) groups is 2. The Kier molecular flexibility index (Phi) is 10.1. The van der Waals surface area contributed by atoms with Crippen LogP contribution in [0.3, 0.4) is 0 Å². The third kappa shape index (κ3) is 8.06. The Balaban J connectivity index is 2.10. The zero-order valence-corrected chi connectivity index (χ0v) is 23.5. The average molecular weight is 594 g/mol. The summed E-state index contributed by atoms with van der Waals surface area (Å²) in [6.45, 7) is 4.06. The van der Waals surface area contributed by atoms with E-state index in [0.717, 1.165) is 23.1 Å². The van der Waals surface area contributed by atoms with Gasteiger partial charge in [-0.15, -0.1) is 0 Å². The number of rotatable bonds is 11. The first kappa shape index (κ1) is 31.6. The molecular formula is C29H31F4N3O4S. The van der Waals surface area contributed by atoms with E-state index in [1.807, 2.05) is 0 Å². The molecule has 7 nitrogen and oxygen atoms in total. The molecule has 12 heteroatoms. The Labute approximate surface area is 236 Å². The molecule has 0 bridgehead atoms. The van der Waals surface area contributed by atoms with E-state index in [4.69, 9.17) is 0 Å². The molecule has 0 heterocycles. The van der Waals surface area contributed by atoms with Crippen LogP contribution in [0.5, 0.6) is 0 Å². The number of hydrogen-bond donors (Lipinski definition) is 1. The summed E-state index contributed by atoms with van der Waals surface area (Å²) in [5, 5.41) is 2.74. The van der Waals surface area contributed by atoms with Crippen molar-refractivity contribution in [2.45, 2.75) is 56.9 Å². The number of alkyl halides is 3. The summed E-state index contributed by atoms with van der Waals surface area (Å²) >= 11 is 0. The van der Waals surface area contributed by atoms with Gasteiger partial charge in [0.05, 0.1) is 16.1 Å². The van der Waals surface area contributed by atoms with Gasteiger partial charge in [-0.05, 0) is 68.3 Å². The van der Waals surface area contributed by atoms with Gasteiger partial charge in [0, 0.05) is 12.6 Å². The average Bonchev–Trinajstić information content (AvgIpc) is 2.92. The molecular weight excluding hydrogens is 562 g/mol. The molecule has 2 amide bonds. The van der Waals surface area contributed by atoms with Gasteiger partial charge in [0.25, 0.3) is 10.0 Å². The highest BCUT2D eigenvalue weighted by molar-refractivity contribution is 7.92. The van der Waals surface area contributed by atoms with Crippen molar-refractivity contribution >= 4 is 27.5 Å². The summed E-state index contributed by atoms with van der Waals surface area (Å²) < 4.78 is 82.2. The van der Waals surface area contributed by atoms with Crippen LogP contribution in [0.25, 0.3) is 0 Å². The SMILES string of the molecule is CCC(C(=O)NC(C)C)N(Cc1ccc(F)cc1)C(=O)CN(c1cccc(C(F)(F)F)c1)S(=O)(=O)c1ccccc1. The second-order valence-corrected chi connectivity index (χ2v) is 11.5. The van der Waals surface area contributed by atoms with Crippen molar-refractivity contribution in [3.05, 3.63) is 95.8 Å².